The van der Waals surface area contributed by atoms with E-state index in [1.807, 2.05) is 0 Å². The van der Waals surface area contributed by atoms with Gasteiger partial charge in [0.1, 0.15) is 11.4 Å². The number of nitrogens with one attached hydrogen (secondary N) is 1. The van der Waals surface area contributed by atoms with E-state index in [2.05, 4.69) is 42.6 Å². The summed E-state index contributed by atoms with van der Waals surface area (Å²) in [5, 5.41) is 3.38. The normalized spacial score (nSPS) is 21.0. The van der Waals surface area contributed by atoms with Crippen molar-refractivity contribution in [1.29, 1.82) is 0 Å². The van der Waals surface area contributed by atoms with Crippen molar-refractivity contribution >= 4 is 6.08 Å². The Balaban J connectivity index is 1.91. The monoisotopic (exact) mass is 229 g/mol. The molecule has 1 aromatic rings. The highest BCUT2D eigenvalue weighted by Crippen LogP contribution is 2.36. The first-order valence-electron chi connectivity index (χ1n) is 6.53. The van der Waals surface area contributed by atoms with Crippen LogP contribution in [0.1, 0.15) is 30.9 Å². The van der Waals surface area contributed by atoms with Crippen LogP contribution in [0.3, 0.4) is 0 Å². The first-order chi connectivity index (χ1) is 8.31. The summed E-state index contributed by atoms with van der Waals surface area (Å²) < 4.78 is 6.23. The SMILES string of the molecule is CCc1ccc2c(c1)C=CC1(CCNCC1)O2. The lowest BCUT2D eigenvalue weighted by Gasteiger charge is -2.38. The number of rotatable bonds is 1. The third kappa shape index (κ3) is 1.98. The largest absolute Gasteiger partial charge is 0.482 e. The van der Waals surface area contributed by atoms with Gasteiger partial charge < -0.3 is 10.1 Å². The van der Waals surface area contributed by atoms with E-state index < -0.39 is 0 Å². The van der Waals surface area contributed by atoms with Gasteiger partial charge >= 0.3 is 0 Å². The lowest BCUT2D eigenvalue weighted by molar-refractivity contribution is 0.0823. The van der Waals surface area contributed by atoms with Crippen LogP contribution in [0.25, 0.3) is 6.08 Å². The zero-order valence-corrected chi connectivity index (χ0v) is 10.3. The molecular weight excluding hydrogens is 210 g/mol. The molecule has 1 fully saturated rings. The smallest absolute Gasteiger partial charge is 0.130 e. The maximum absolute atomic E-state index is 6.23. The number of aryl methyl sites for hydroxylation is 1. The second kappa shape index (κ2) is 4.19. The Morgan fingerprint density at radius 3 is 2.88 bits per heavy atom. The summed E-state index contributed by atoms with van der Waals surface area (Å²) in [6.07, 6.45) is 7.71. The molecule has 1 saturated heterocycles. The summed E-state index contributed by atoms with van der Waals surface area (Å²) in [5.74, 6) is 1.05. The quantitative estimate of drug-likeness (QED) is 0.799. The lowest BCUT2D eigenvalue weighted by Crippen LogP contribution is -2.45. The Bertz CT molecular complexity index is 444. The first-order valence-corrected chi connectivity index (χ1v) is 6.53. The summed E-state index contributed by atoms with van der Waals surface area (Å²) in [5.41, 5.74) is 2.55. The first kappa shape index (κ1) is 10.8. The van der Waals surface area contributed by atoms with E-state index in [1.165, 1.54) is 11.1 Å². The number of fused-ring (bicyclic) bond motifs is 1. The van der Waals surface area contributed by atoms with Gasteiger partial charge in [-0.1, -0.05) is 19.1 Å². The average Bonchev–Trinajstić information content (AvgIpc) is 2.39. The van der Waals surface area contributed by atoms with Crippen LogP contribution in [0.5, 0.6) is 5.75 Å². The van der Waals surface area contributed by atoms with Crippen LogP contribution in [-0.2, 0) is 6.42 Å². The topological polar surface area (TPSA) is 21.3 Å². The molecule has 0 unspecified atom stereocenters. The molecule has 0 aliphatic carbocycles. The summed E-state index contributed by atoms with van der Waals surface area (Å²) in [7, 11) is 0. The number of piperidine rings is 1. The summed E-state index contributed by atoms with van der Waals surface area (Å²) in [6, 6.07) is 6.54. The maximum atomic E-state index is 6.23. The highest BCUT2D eigenvalue weighted by molar-refractivity contribution is 5.62. The molecule has 2 heteroatoms. The lowest BCUT2D eigenvalue weighted by atomic mass is 9.88. The van der Waals surface area contributed by atoms with Crippen LogP contribution in [0, 0.1) is 0 Å². The van der Waals surface area contributed by atoms with Gasteiger partial charge in [-0.2, -0.15) is 0 Å². The Kier molecular flexibility index (Phi) is 2.67. The predicted molar refractivity (Wildman–Crippen MR) is 70.3 cm³/mol. The zero-order chi connectivity index (χ0) is 11.7. The Morgan fingerprint density at radius 2 is 2.12 bits per heavy atom. The molecule has 0 saturated carbocycles. The zero-order valence-electron chi connectivity index (χ0n) is 10.3. The minimum atomic E-state index is -0.0496. The molecule has 0 bridgehead atoms. The average molecular weight is 229 g/mol. The molecule has 1 spiro atoms. The molecule has 2 nitrogen and oxygen atoms in total. The third-order valence-electron chi connectivity index (χ3n) is 3.81. The highest BCUT2D eigenvalue weighted by atomic mass is 16.5. The summed E-state index contributed by atoms with van der Waals surface area (Å²) >= 11 is 0. The van der Waals surface area contributed by atoms with Crippen molar-refractivity contribution in [2.75, 3.05) is 13.1 Å². The van der Waals surface area contributed by atoms with Crippen molar-refractivity contribution in [3.05, 3.63) is 35.4 Å². The van der Waals surface area contributed by atoms with Crippen LogP contribution < -0.4 is 10.1 Å². The van der Waals surface area contributed by atoms with Gasteiger partial charge in [0, 0.05) is 18.4 Å². The van der Waals surface area contributed by atoms with Crippen molar-refractivity contribution in [1.82, 2.24) is 5.32 Å². The Morgan fingerprint density at radius 1 is 1.29 bits per heavy atom. The van der Waals surface area contributed by atoms with Crippen molar-refractivity contribution in [3.63, 3.8) is 0 Å². The molecule has 3 rings (SSSR count). The van der Waals surface area contributed by atoms with Crippen LogP contribution in [0.2, 0.25) is 0 Å². The van der Waals surface area contributed by atoms with E-state index in [0.29, 0.717) is 0 Å². The third-order valence-corrected chi connectivity index (χ3v) is 3.81. The van der Waals surface area contributed by atoms with E-state index in [1.54, 1.807) is 0 Å². The number of benzene rings is 1. The molecule has 17 heavy (non-hydrogen) atoms. The standard InChI is InChI=1S/C15H19NO/c1-2-12-3-4-14-13(11-12)5-6-15(17-14)7-9-16-10-8-15/h3-6,11,16H,2,7-10H2,1H3. The van der Waals surface area contributed by atoms with Gasteiger partial charge in [-0.05, 0) is 43.3 Å². The van der Waals surface area contributed by atoms with Crippen molar-refractivity contribution < 1.29 is 4.74 Å². The maximum Gasteiger partial charge on any atom is 0.130 e. The predicted octanol–water partition coefficient (Wildman–Crippen LogP) is 2.78. The van der Waals surface area contributed by atoms with Crippen LogP contribution in [0.15, 0.2) is 24.3 Å². The van der Waals surface area contributed by atoms with E-state index in [-0.39, 0.29) is 5.60 Å². The van der Waals surface area contributed by atoms with E-state index in [9.17, 15) is 0 Å². The molecule has 2 heterocycles. The molecule has 1 N–H and O–H groups in total. The van der Waals surface area contributed by atoms with Gasteiger partial charge in [-0.3, -0.25) is 0 Å². The van der Waals surface area contributed by atoms with Crippen molar-refractivity contribution in [3.8, 4) is 5.75 Å². The van der Waals surface area contributed by atoms with Crippen LogP contribution >= 0.6 is 0 Å². The molecule has 0 amide bonds. The molecule has 90 valence electrons. The van der Waals surface area contributed by atoms with Crippen molar-refractivity contribution in [2.45, 2.75) is 31.8 Å². The second-order valence-corrected chi connectivity index (χ2v) is 4.98. The van der Waals surface area contributed by atoms with Gasteiger partial charge in [0.15, 0.2) is 0 Å². The minimum absolute atomic E-state index is 0.0496. The van der Waals surface area contributed by atoms with E-state index >= 15 is 0 Å². The van der Waals surface area contributed by atoms with E-state index in [0.717, 1.165) is 38.1 Å². The molecule has 2 aliphatic heterocycles. The Hall–Kier alpha value is -1.28. The molecule has 0 radical (unpaired) electrons. The molecule has 0 aromatic heterocycles. The molecule has 1 aromatic carbocycles. The van der Waals surface area contributed by atoms with Crippen molar-refractivity contribution in [2.24, 2.45) is 0 Å². The number of hydrogen-bond donors (Lipinski definition) is 1. The second-order valence-electron chi connectivity index (χ2n) is 4.98. The van der Waals surface area contributed by atoms with Gasteiger partial charge in [0.2, 0.25) is 0 Å². The van der Waals surface area contributed by atoms with Crippen LogP contribution in [0.4, 0.5) is 0 Å². The number of ether oxygens (including phenoxy) is 1. The summed E-state index contributed by atoms with van der Waals surface area (Å²) in [6.45, 7) is 4.28. The minimum Gasteiger partial charge on any atom is -0.482 e. The molecule has 2 aliphatic rings. The molecular formula is C15H19NO. The van der Waals surface area contributed by atoms with Gasteiger partial charge in [-0.15, -0.1) is 0 Å². The van der Waals surface area contributed by atoms with Gasteiger partial charge in [-0.25, -0.2) is 0 Å². The fourth-order valence-electron chi connectivity index (χ4n) is 2.65. The number of hydrogen-bond acceptors (Lipinski definition) is 2. The highest BCUT2D eigenvalue weighted by Gasteiger charge is 2.34. The Labute approximate surface area is 103 Å². The van der Waals surface area contributed by atoms with E-state index in [4.69, 9.17) is 4.74 Å². The van der Waals surface area contributed by atoms with Gasteiger partial charge in [0.25, 0.3) is 0 Å². The fourth-order valence-corrected chi connectivity index (χ4v) is 2.65. The fraction of sp³-hybridized carbons (Fsp3) is 0.467. The molecule has 0 atom stereocenters. The van der Waals surface area contributed by atoms with Crippen LogP contribution in [-0.4, -0.2) is 18.7 Å². The summed E-state index contributed by atoms with van der Waals surface area (Å²) in [4.78, 5) is 0. The van der Waals surface area contributed by atoms with Gasteiger partial charge in [0.05, 0.1) is 0 Å².